The lowest BCUT2D eigenvalue weighted by molar-refractivity contribution is 0.490. The van der Waals surface area contributed by atoms with E-state index in [1.54, 1.807) is 12.5 Å². The second kappa shape index (κ2) is 4.03. The summed E-state index contributed by atoms with van der Waals surface area (Å²) < 4.78 is 5.32. The summed E-state index contributed by atoms with van der Waals surface area (Å²) in [5.41, 5.74) is 8.09. The fourth-order valence-electron chi connectivity index (χ4n) is 1.91. The number of hydrogen-bond acceptors (Lipinski definition) is 3. The molecule has 0 spiro atoms. The standard InChI is InChI=1S/C14H12N2O/c15-14(13-4-2-8-17-13)11-6-5-10-3-1-7-16-12(10)9-11/h1-9,14H,15H2. The van der Waals surface area contributed by atoms with Gasteiger partial charge in [-0.15, -0.1) is 0 Å². The Morgan fingerprint density at radius 2 is 2.06 bits per heavy atom. The van der Waals surface area contributed by atoms with Gasteiger partial charge in [0.05, 0.1) is 17.8 Å². The number of rotatable bonds is 2. The van der Waals surface area contributed by atoms with E-state index in [-0.39, 0.29) is 6.04 Å². The van der Waals surface area contributed by atoms with Gasteiger partial charge in [0.2, 0.25) is 0 Å². The molecule has 2 aromatic heterocycles. The van der Waals surface area contributed by atoms with Gasteiger partial charge in [-0.05, 0) is 29.8 Å². The van der Waals surface area contributed by atoms with Crippen molar-refractivity contribution in [3.05, 3.63) is 66.2 Å². The van der Waals surface area contributed by atoms with Crippen molar-refractivity contribution in [1.82, 2.24) is 4.98 Å². The maximum absolute atomic E-state index is 6.13. The molecule has 3 heteroatoms. The van der Waals surface area contributed by atoms with Crippen molar-refractivity contribution >= 4 is 10.9 Å². The van der Waals surface area contributed by atoms with Crippen molar-refractivity contribution in [3.8, 4) is 0 Å². The molecule has 0 radical (unpaired) electrons. The second-order valence-electron chi connectivity index (χ2n) is 3.95. The first kappa shape index (κ1) is 10.1. The monoisotopic (exact) mass is 224 g/mol. The largest absolute Gasteiger partial charge is 0.467 e. The molecule has 2 N–H and O–H groups in total. The van der Waals surface area contributed by atoms with Gasteiger partial charge in [0, 0.05) is 11.6 Å². The van der Waals surface area contributed by atoms with Crippen LogP contribution in [0, 0.1) is 0 Å². The van der Waals surface area contributed by atoms with Gasteiger partial charge in [-0.1, -0.05) is 18.2 Å². The number of pyridine rings is 1. The van der Waals surface area contributed by atoms with Gasteiger partial charge in [0.15, 0.2) is 0 Å². The van der Waals surface area contributed by atoms with Crippen molar-refractivity contribution < 1.29 is 4.42 Å². The molecule has 0 aliphatic heterocycles. The quantitative estimate of drug-likeness (QED) is 0.728. The summed E-state index contributed by atoms with van der Waals surface area (Å²) in [5.74, 6) is 0.764. The summed E-state index contributed by atoms with van der Waals surface area (Å²) in [7, 11) is 0. The lowest BCUT2D eigenvalue weighted by Gasteiger charge is -2.09. The summed E-state index contributed by atoms with van der Waals surface area (Å²) in [6, 6.07) is 13.5. The molecule has 1 unspecified atom stereocenters. The Morgan fingerprint density at radius 3 is 2.88 bits per heavy atom. The number of benzene rings is 1. The van der Waals surface area contributed by atoms with Gasteiger partial charge in [-0.2, -0.15) is 0 Å². The van der Waals surface area contributed by atoms with Gasteiger partial charge in [-0.25, -0.2) is 0 Å². The minimum Gasteiger partial charge on any atom is -0.467 e. The third-order valence-electron chi connectivity index (χ3n) is 2.84. The molecule has 0 saturated heterocycles. The van der Waals surface area contributed by atoms with Crippen LogP contribution in [0.4, 0.5) is 0 Å². The van der Waals surface area contributed by atoms with Crippen LogP contribution in [-0.2, 0) is 0 Å². The highest BCUT2D eigenvalue weighted by atomic mass is 16.3. The average molecular weight is 224 g/mol. The average Bonchev–Trinajstić information content (AvgIpc) is 2.91. The van der Waals surface area contributed by atoms with Gasteiger partial charge in [0.1, 0.15) is 5.76 Å². The maximum Gasteiger partial charge on any atom is 0.124 e. The fourth-order valence-corrected chi connectivity index (χ4v) is 1.91. The van der Waals surface area contributed by atoms with Crippen molar-refractivity contribution in [3.63, 3.8) is 0 Å². The van der Waals surface area contributed by atoms with E-state index in [1.165, 1.54) is 0 Å². The SMILES string of the molecule is NC(c1ccc2cccnc2c1)c1ccco1. The van der Waals surface area contributed by atoms with E-state index in [0.717, 1.165) is 22.2 Å². The lowest BCUT2D eigenvalue weighted by atomic mass is 10.0. The molecule has 2 heterocycles. The van der Waals surface area contributed by atoms with Gasteiger partial charge in [-0.3, -0.25) is 4.98 Å². The van der Waals surface area contributed by atoms with Crippen molar-refractivity contribution in [2.45, 2.75) is 6.04 Å². The molecule has 3 nitrogen and oxygen atoms in total. The van der Waals surface area contributed by atoms with Crippen LogP contribution in [0.3, 0.4) is 0 Å². The van der Waals surface area contributed by atoms with E-state index >= 15 is 0 Å². The molecule has 1 atom stereocenters. The summed E-state index contributed by atoms with van der Waals surface area (Å²) in [5, 5.41) is 1.11. The fraction of sp³-hybridized carbons (Fsp3) is 0.0714. The Kier molecular flexibility index (Phi) is 2.38. The first-order valence-electron chi connectivity index (χ1n) is 5.48. The molecule has 1 aromatic carbocycles. The van der Waals surface area contributed by atoms with Crippen molar-refractivity contribution in [2.75, 3.05) is 0 Å². The number of hydrogen-bond donors (Lipinski definition) is 1. The van der Waals surface area contributed by atoms with E-state index < -0.39 is 0 Å². The van der Waals surface area contributed by atoms with Crippen LogP contribution in [-0.4, -0.2) is 4.98 Å². The normalized spacial score (nSPS) is 12.8. The van der Waals surface area contributed by atoms with Gasteiger partial charge < -0.3 is 10.2 Å². The highest BCUT2D eigenvalue weighted by molar-refractivity contribution is 5.79. The van der Waals surface area contributed by atoms with Crippen LogP contribution in [0.5, 0.6) is 0 Å². The first-order valence-corrected chi connectivity index (χ1v) is 5.48. The Hall–Kier alpha value is -2.13. The number of nitrogens with zero attached hydrogens (tertiary/aromatic N) is 1. The maximum atomic E-state index is 6.13. The molecule has 0 aliphatic carbocycles. The molecule has 0 amide bonds. The highest BCUT2D eigenvalue weighted by Crippen LogP contribution is 2.22. The molecule has 0 bridgehead atoms. The summed E-state index contributed by atoms with van der Waals surface area (Å²) in [6.07, 6.45) is 3.42. The van der Waals surface area contributed by atoms with Crippen LogP contribution < -0.4 is 5.73 Å². The molecular weight excluding hydrogens is 212 g/mol. The Bertz CT molecular complexity index is 632. The summed E-state index contributed by atoms with van der Waals surface area (Å²) >= 11 is 0. The third-order valence-corrected chi connectivity index (χ3v) is 2.84. The number of fused-ring (bicyclic) bond motifs is 1. The Balaban J connectivity index is 2.06. The summed E-state index contributed by atoms with van der Waals surface area (Å²) in [6.45, 7) is 0. The second-order valence-corrected chi connectivity index (χ2v) is 3.95. The predicted molar refractivity (Wildman–Crippen MR) is 66.5 cm³/mol. The van der Waals surface area contributed by atoms with E-state index in [4.69, 9.17) is 10.2 Å². The Morgan fingerprint density at radius 1 is 1.12 bits per heavy atom. The Labute approximate surface area is 98.9 Å². The molecular formula is C14H12N2O. The zero-order valence-corrected chi connectivity index (χ0v) is 9.21. The van der Waals surface area contributed by atoms with Crippen LogP contribution in [0.2, 0.25) is 0 Å². The molecule has 3 aromatic rings. The van der Waals surface area contributed by atoms with Gasteiger partial charge in [0.25, 0.3) is 0 Å². The minimum absolute atomic E-state index is 0.239. The van der Waals surface area contributed by atoms with E-state index in [2.05, 4.69) is 4.98 Å². The molecule has 84 valence electrons. The highest BCUT2D eigenvalue weighted by Gasteiger charge is 2.11. The van der Waals surface area contributed by atoms with Crippen molar-refractivity contribution in [2.24, 2.45) is 5.73 Å². The predicted octanol–water partition coefficient (Wildman–Crippen LogP) is 2.88. The molecule has 0 fully saturated rings. The molecule has 3 rings (SSSR count). The zero-order chi connectivity index (χ0) is 11.7. The smallest absolute Gasteiger partial charge is 0.124 e. The van der Waals surface area contributed by atoms with E-state index in [0.29, 0.717) is 0 Å². The molecule has 17 heavy (non-hydrogen) atoms. The number of furan rings is 1. The first-order chi connectivity index (χ1) is 8.34. The third kappa shape index (κ3) is 1.81. The molecule has 0 aliphatic rings. The van der Waals surface area contributed by atoms with Crippen LogP contribution in [0.15, 0.2) is 59.3 Å². The van der Waals surface area contributed by atoms with Crippen LogP contribution >= 0.6 is 0 Å². The zero-order valence-electron chi connectivity index (χ0n) is 9.21. The number of aromatic nitrogens is 1. The van der Waals surface area contributed by atoms with Gasteiger partial charge >= 0.3 is 0 Å². The van der Waals surface area contributed by atoms with E-state index in [1.807, 2.05) is 42.5 Å². The van der Waals surface area contributed by atoms with Crippen LogP contribution in [0.25, 0.3) is 10.9 Å². The van der Waals surface area contributed by atoms with Crippen molar-refractivity contribution in [1.29, 1.82) is 0 Å². The van der Waals surface area contributed by atoms with E-state index in [9.17, 15) is 0 Å². The lowest BCUT2D eigenvalue weighted by Crippen LogP contribution is -2.10. The minimum atomic E-state index is -0.239. The summed E-state index contributed by atoms with van der Waals surface area (Å²) in [4.78, 5) is 4.32. The number of nitrogens with two attached hydrogens (primary N) is 1. The topological polar surface area (TPSA) is 52.0 Å². The molecule has 0 saturated carbocycles. The van der Waals surface area contributed by atoms with Crippen LogP contribution in [0.1, 0.15) is 17.4 Å².